The van der Waals surface area contributed by atoms with Gasteiger partial charge in [0.2, 0.25) is 0 Å². The molecular weight excluding hydrogens is 337 g/mol. The Morgan fingerprint density at radius 1 is 1.25 bits per heavy atom. The van der Waals surface area contributed by atoms with Gasteiger partial charge in [0.05, 0.1) is 10.6 Å². The second-order valence-corrected chi connectivity index (χ2v) is 6.52. The lowest BCUT2D eigenvalue weighted by atomic mass is 9.97. The van der Waals surface area contributed by atoms with E-state index in [-0.39, 0.29) is 11.1 Å². The van der Waals surface area contributed by atoms with E-state index >= 15 is 0 Å². The number of unbranched alkanes of at least 4 members (excludes halogenated alkanes) is 2. The number of allylic oxidation sites excluding steroid dienone is 1. The van der Waals surface area contributed by atoms with Crippen molar-refractivity contribution in [2.75, 3.05) is 26.2 Å². The minimum Gasteiger partial charge on any atom is -0.314 e. The van der Waals surface area contributed by atoms with Crippen LogP contribution in [0, 0.1) is 0 Å². The molecule has 1 aliphatic heterocycles. The van der Waals surface area contributed by atoms with E-state index in [1.54, 1.807) is 6.07 Å². The first kappa shape index (κ1) is 19.3. The zero-order valence-corrected chi connectivity index (χ0v) is 14.5. The summed E-state index contributed by atoms with van der Waals surface area (Å²) < 4.78 is 38.7. The van der Waals surface area contributed by atoms with E-state index in [9.17, 15) is 13.2 Å². The third-order valence-electron chi connectivity index (χ3n) is 4.41. The van der Waals surface area contributed by atoms with Gasteiger partial charge in [-0.25, -0.2) is 0 Å². The van der Waals surface area contributed by atoms with E-state index in [0.29, 0.717) is 0 Å². The van der Waals surface area contributed by atoms with Crippen LogP contribution in [-0.2, 0) is 6.18 Å². The molecule has 0 saturated carbocycles. The minimum atomic E-state index is -4.41. The predicted molar refractivity (Wildman–Crippen MR) is 92.3 cm³/mol. The predicted octanol–water partition coefficient (Wildman–Crippen LogP) is 5.05. The third kappa shape index (κ3) is 5.23. The van der Waals surface area contributed by atoms with Gasteiger partial charge in [0.15, 0.2) is 0 Å². The Balaban J connectivity index is 2.18. The van der Waals surface area contributed by atoms with Crippen molar-refractivity contribution in [1.29, 1.82) is 0 Å². The van der Waals surface area contributed by atoms with Crippen molar-refractivity contribution in [3.8, 4) is 0 Å². The topological polar surface area (TPSA) is 15.3 Å². The highest BCUT2D eigenvalue weighted by molar-refractivity contribution is 6.31. The maximum absolute atomic E-state index is 12.9. The van der Waals surface area contributed by atoms with Gasteiger partial charge in [-0.1, -0.05) is 30.2 Å². The van der Waals surface area contributed by atoms with E-state index in [2.05, 4.69) is 16.8 Å². The van der Waals surface area contributed by atoms with Crippen molar-refractivity contribution in [3.63, 3.8) is 0 Å². The Morgan fingerprint density at radius 2 is 1.96 bits per heavy atom. The second-order valence-electron chi connectivity index (χ2n) is 6.11. The summed E-state index contributed by atoms with van der Waals surface area (Å²) in [6, 6.07) is 4.28. The van der Waals surface area contributed by atoms with Gasteiger partial charge in [-0.3, -0.25) is 4.90 Å². The van der Waals surface area contributed by atoms with Gasteiger partial charge in [0, 0.05) is 32.2 Å². The molecule has 0 radical (unpaired) electrons. The van der Waals surface area contributed by atoms with Crippen molar-refractivity contribution in [3.05, 3.63) is 47.0 Å². The van der Waals surface area contributed by atoms with Crippen LogP contribution in [0.2, 0.25) is 5.02 Å². The summed E-state index contributed by atoms with van der Waals surface area (Å²) in [4.78, 5) is 2.34. The molecule has 1 saturated heterocycles. The number of nitrogens with one attached hydrogen (secondary N) is 1. The smallest absolute Gasteiger partial charge is 0.314 e. The standard InChI is InChI=1S/C18H24ClF3N2/c1-2-3-4-5-6-17(24-11-9-23-10-12-24)14-7-8-15(16(19)13-14)18(20,21)22/h2,7-8,13,17,23H,1,3-6,9-12H2/t17-/m0/s1. The Morgan fingerprint density at radius 3 is 2.54 bits per heavy atom. The van der Waals surface area contributed by atoms with Gasteiger partial charge in [0.1, 0.15) is 0 Å². The zero-order valence-electron chi connectivity index (χ0n) is 13.7. The molecule has 0 amide bonds. The molecule has 2 nitrogen and oxygen atoms in total. The first-order chi connectivity index (χ1) is 11.4. The van der Waals surface area contributed by atoms with Crippen LogP contribution < -0.4 is 5.32 Å². The molecule has 1 aliphatic rings. The van der Waals surface area contributed by atoms with Gasteiger partial charge in [-0.05, 0) is 37.0 Å². The van der Waals surface area contributed by atoms with Crippen LogP contribution in [0.3, 0.4) is 0 Å². The van der Waals surface area contributed by atoms with Crippen molar-refractivity contribution in [1.82, 2.24) is 10.2 Å². The number of hydrogen-bond donors (Lipinski definition) is 1. The molecule has 1 aromatic carbocycles. The number of halogens is 4. The van der Waals surface area contributed by atoms with E-state index in [0.717, 1.165) is 63.5 Å². The third-order valence-corrected chi connectivity index (χ3v) is 4.72. The van der Waals surface area contributed by atoms with Crippen LogP contribution in [0.5, 0.6) is 0 Å². The maximum atomic E-state index is 12.9. The lowest BCUT2D eigenvalue weighted by Gasteiger charge is -2.35. The van der Waals surface area contributed by atoms with Crippen LogP contribution >= 0.6 is 11.6 Å². The number of hydrogen-bond acceptors (Lipinski definition) is 2. The van der Waals surface area contributed by atoms with Gasteiger partial charge in [-0.15, -0.1) is 6.58 Å². The first-order valence-corrected chi connectivity index (χ1v) is 8.73. The normalized spacial score (nSPS) is 17.7. The van der Waals surface area contributed by atoms with Crippen LogP contribution in [0.4, 0.5) is 13.2 Å². The molecule has 0 bridgehead atoms. The number of rotatable bonds is 7. The molecule has 0 aromatic heterocycles. The first-order valence-electron chi connectivity index (χ1n) is 8.36. The van der Waals surface area contributed by atoms with Gasteiger partial charge in [-0.2, -0.15) is 13.2 Å². The molecular formula is C18H24ClF3N2. The van der Waals surface area contributed by atoms with Crippen molar-refractivity contribution in [2.45, 2.75) is 37.9 Å². The molecule has 1 heterocycles. The summed E-state index contributed by atoms with van der Waals surface area (Å²) in [5.41, 5.74) is 0.104. The zero-order chi connectivity index (χ0) is 17.6. The fourth-order valence-corrected chi connectivity index (χ4v) is 3.44. The Bertz CT molecular complexity index is 540. The van der Waals surface area contributed by atoms with Crippen LogP contribution in [0.1, 0.15) is 42.9 Å². The van der Waals surface area contributed by atoms with Gasteiger partial charge in [0.25, 0.3) is 0 Å². The van der Waals surface area contributed by atoms with Crippen LogP contribution in [-0.4, -0.2) is 31.1 Å². The molecule has 1 aromatic rings. The summed E-state index contributed by atoms with van der Waals surface area (Å²) in [5, 5.41) is 3.09. The highest BCUT2D eigenvalue weighted by Gasteiger charge is 2.33. The average molecular weight is 361 g/mol. The monoisotopic (exact) mass is 360 g/mol. The summed E-state index contributed by atoms with van der Waals surface area (Å²) in [7, 11) is 0. The highest BCUT2D eigenvalue weighted by Crippen LogP contribution is 2.37. The summed E-state index contributed by atoms with van der Waals surface area (Å²) in [6.07, 6.45) is 1.41. The molecule has 0 unspecified atom stereocenters. The number of nitrogens with zero attached hydrogens (tertiary/aromatic N) is 1. The molecule has 2 rings (SSSR count). The SMILES string of the molecule is C=CCCCC[C@@H](c1ccc(C(F)(F)F)c(Cl)c1)N1CCNCC1. The summed E-state index contributed by atoms with van der Waals surface area (Å²) >= 11 is 5.92. The quantitative estimate of drug-likeness (QED) is 0.540. The second kappa shape index (κ2) is 8.88. The fraction of sp³-hybridized carbons (Fsp3) is 0.556. The largest absolute Gasteiger partial charge is 0.417 e. The molecule has 6 heteroatoms. The van der Waals surface area contributed by atoms with Gasteiger partial charge >= 0.3 is 6.18 Å². The molecule has 24 heavy (non-hydrogen) atoms. The van der Waals surface area contributed by atoms with Crippen LogP contribution in [0.15, 0.2) is 30.9 Å². The molecule has 1 atom stereocenters. The van der Waals surface area contributed by atoms with Crippen molar-refractivity contribution < 1.29 is 13.2 Å². The molecule has 134 valence electrons. The lowest BCUT2D eigenvalue weighted by Crippen LogP contribution is -2.45. The summed E-state index contributed by atoms with van der Waals surface area (Å²) in [6.45, 7) is 7.31. The van der Waals surface area contributed by atoms with Gasteiger partial charge < -0.3 is 5.32 Å². The Labute approximate surface area is 146 Å². The molecule has 0 aliphatic carbocycles. The molecule has 0 spiro atoms. The fourth-order valence-electron chi connectivity index (χ4n) is 3.15. The van der Waals surface area contributed by atoms with E-state index in [4.69, 9.17) is 11.6 Å². The highest BCUT2D eigenvalue weighted by atomic mass is 35.5. The number of benzene rings is 1. The minimum absolute atomic E-state index is 0.108. The lowest BCUT2D eigenvalue weighted by molar-refractivity contribution is -0.137. The maximum Gasteiger partial charge on any atom is 0.417 e. The molecule has 1 fully saturated rings. The number of alkyl halides is 3. The van der Waals surface area contributed by atoms with E-state index in [1.165, 1.54) is 6.07 Å². The van der Waals surface area contributed by atoms with E-state index < -0.39 is 11.7 Å². The Kier molecular flexibility index (Phi) is 7.14. The van der Waals surface area contributed by atoms with Crippen LogP contribution in [0.25, 0.3) is 0 Å². The Hall–Kier alpha value is -1.04. The molecule has 1 N–H and O–H groups in total. The summed E-state index contributed by atoms with van der Waals surface area (Å²) in [5.74, 6) is 0. The van der Waals surface area contributed by atoms with Crippen molar-refractivity contribution >= 4 is 11.6 Å². The van der Waals surface area contributed by atoms with E-state index in [1.807, 2.05) is 6.08 Å². The number of piperazine rings is 1. The average Bonchev–Trinajstić information content (AvgIpc) is 2.54. The van der Waals surface area contributed by atoms with Crippen molar-refractivity contribution in [2.24, 2.45) is 0 Å².